The van der Waals surface area contributed by atoms with Crippen LogP contribution in [0.3, 0.4) is 0 Å². The molecule has 1 fully saturated rings. The molecule has 2 rings (SSSR count). The molecule has 1 saturated heterocycles. The van der Waals surface area contributed by atoms with E-state index in [9.17, 15) is 9.59 Å². The molecule has 1 aromatic rings. The Labute approximate surface area is 136 Å². The Morgan fingerprint density at radius 2 is 2.05 bits per heavy atom. The van der Waals surface area contributed by atoms with Crippen LogP contribution in [-0.4, -0.2) is 35.1 Å². The molecule has 1 aromatic carbocycles. The molecule has 1 N–H and O–H groups in total. The second-order valence-electron chi connectivity index (χ2n) is 5.60. The maximum Gasteiger partial charge on any atom is 0.243 e. The van der Waals surface area contributed by atoms with Crippen molar-refractivity contribution in [2.24, 2.45) is 0 Å². The molecule has 2 atom stereocenters. The van der Waals surface area contributed by atoms with Crippen molar-refractivity contribution in [2.75, 3.05) is 12.3 Å². The van der Waals surface area contributed by atoms with E-state index < -0.39 is 0 Å². The molecule has 0 spiro atoms. The van der Waals surface area contributed by atoms with Gasteiger partial charge in [-0.1, -0.05) is 19.1 Å². The van der Waals surface area contributed by atoms with Crippen molar-refractivity contribution >= 4 is 23.6 Å². The molecule has 120 valence electrons. The summed E-state index contributed by atoms with van der Waals surface area (Å²) in [5, 5.41) is 3.03. The maximum atomic E-state index is 12.4. The number of hydrogen-bond acceptors (Lipinski definition) is 3. The van der Waals surface area contributed by atoms with E-state index in [1.54, 1.807) is 16.7 Å². The molecule has 1 heterocycles. The largest absolute Gasteiger partial charge is 0.348 e. The number of hydrogen-bond donors (Lipinski definition) is 1. The Bertz CT molecular complexity index is 530. The first-order valence-electron chi connectivity index (χ1n) is 7.83. The predicted octanol–water partition coefficient (Wildman–Crippen LogP) is 2.99. The summed E-state index contributed by atoms with van der Waals surface area (Å²) in [4.78, 5) is 26.9. The number of rotatable bonds is 5. The van der Waals surface area contributed by atoms with E-state index in [0.29, 0.717) is 6.54 Å². The topological polar surface area (TPSA) is 49.4 Å². The van der Waals surface area contributed by atoms with Crippen LogP contribution >= 0.6 is 11.8 Å². The van der Waals surface area contributed by atoms with Crippen LogP contribution in [0.1, 0.15) is 45.2 Å². The number of amides is 2. The van der Waals surface area contributed by atoms with Crippen molar-refractivity contribution in [2.45, 2.75) is 50.6 Å². The van der Waals surface area contributed by atoms with Crippen molar-refractivity contribution in [3.05, 3.63) is 29.8 Å². The minimum atomic E-state index is -0.310. The normalized spacial score (nSPS) is 19.0. The number of nitrogens with zero attached hydrogens (tertiary/aromatic N) is 1. The fourth-order valence-corrected chi connectivity index (χ4v) is 3.49. The lowest BCUT2D eigenvalue weighted by molar-refractivity contribution is -0.137. The molecule has 0 unspecified atom stereocenters. The summed E-state index contributed by atoms with van der Waals surface area (Å²) in [6, 6.07) is 7.92. The summed E-state index contributed by atoms with van der Waals surface area (Å²) in [5.74, 6) is 0.979. The summed E-state index contributed by atoms with van der Waals surface area (Å²) in [6.45, 7) is 6.32. The van der Waals surface area contributed by atoms with Gasteiger partial charge in [-0.25, -0.2) is 0 Å². The average molecular weight is 320 g/mol. The molecule has 0 aliphatic carbocycles. The predicted molar refractivity (Wildman–Crippen MR) is 89.8 cm³/mol. The van der Waals surface area contributed by atoms with Crippen LogP contribution in [0.5, 0.6) is 0 Å². The van der Waals surface area contributed by atoms with Crippen LogP contribution in [0.4, 0.5) is 0 Å². The van der Waals surface area contributed by atoms with Crippen LogP contribution in [0.25, 0.3) is 0 Å². The van der Waals surface area contributed by atoms with Crippen LogP contribution in [0.15, 0.2) is 29.2 Å². The van der Waals surface area contributed by atoms with Gasteiger partial charge in [0.25, 0.3) is 0 Å². The zero-order valence-electron chi connectivity index (χ0n) is 13.5. The highest BCUT2D eigenvalue weighted by molar-refractivity contribution is 7.99. The quantitative estimate of drug-likeness (QED) is 0.849. The molecule has 0 radical (unpaired) electrons. The van der Waals surface area contributed by atoms with Crippen LogP contribution in [0, 0.1) is 0 Å². The summed E-state index contributed by atoms with van der Waals surface area (Å²) in [5.41, 5.74) is 1.08. The van der Waals surface area contributed by atoms with Crippen LogP contribution in [-0.2, 0) is 9.59 Å². The summed E-state index contributed by atoms with van der Waals surface area (Å²) >= 11 is 1.80. The highest BCUT2D eigenvalue weighted by Crippen LogP contribution is 2.22. The molecule has 0 saturated carbocycles. The zero-order valence-corrected chi connectivity index (χ0v) is 14.3. The molecule has 2 amide bonds. The number of likely N-dealkylation sites (tertiary alicyclic amines) is 1. The molecule has 4 nitrogen and oxygen atoms in total. The van der Waals surface area contributed by atoms with Crippen LogP contribution < -0.4 is 5.32 Å². The van der Waals surface area contributed by atoms with Gasteiger partial charge in [0.15, 0.2) is 0 Å². The van der Waals surface area contributed by atoms with Gasteiger partial charge in [-0.2, -0.15) is 0 Å². The Balaban J connectivity index is 1.97. The SMILES string of the molecule is CCSc1ccc([C@H](C)NC(=O)[C@H]2CCCN2C(C)=O)cc1. The van der Waals surface area contributed by atoms with Gasteiger partial charge in [-0.05, 0) is 43.2 Å². The molecule has 0 aromatic heterocycles. The van der Waals surface area contributed by atoms with Gasteiger partial charge < -0.3 is 10.2 Å². The van der Waals surface area contributed by atoms with Gasteiger partial charge in [-0.15, -0.1) is 11.8 Å². The van der Waals surface area contributed by atoms with E-state index in [1.165, 1.54) is 11.8 Å². The highest BCUT2D eigenvalue weighted by Gasteiger charge is 2.32. The van der Waals surface area contributed by atoms with E-state index in [0.717, 1.165) is 24.2 Å². The smallest absolute Gasteiger partial charge is 0.243 e. The molecule has 0 bridgehead atoms. The first-order valence-corrected chi connectivity index (χ1v) is 8.81. The maximum absolute atomic E-state index is 12.4. The number of carbonyl (C=O) groups excluding carboxylic acids is 2. The van der Waals surface area contributed by atoms with Crippen molar-refractivity contribution in [1.29, 1.82) is 0 Å². The van der Waals surface area contributed by atoms with Crippen LogP contribution in [0.2, 0.25) is 0 Å². The third kappa shape index (κ3) is 4.03. The van der Waals surface area contributed by atoms with Gasteiger partial charge in [0.2, 0.25) is 11.8 Å². The van der Waals surface area contributed by atoms with Crippen molar-refractivity contribution < 1.29 is 9.59 Å². The Morgan fingerprint density at radius 1 is 1.36 bits per heavy atom. The molecule has 5 heteroatoms. The number of thioether (sulfide) groups is 1. The van der Waals surface area contributed by atoms with Crippen molar-refractivity contribution in [3.63, 3.8) is 0 Å². The standard InChI is InChI=1S/C17H24N2O2S/c1-4-22-15-9-7-14(8-10-15)12(2)18-17(21)16-6-5-11-19(16)13(3)20/h7-10,12,16H,4-6,11H2,1-3H3,(H,18,21)/t12-,16+/m0/s1. The van der Waals surface area contributed by atoms with E-state index in [2.05, 4.69) is 36.5 Å². The van der Waals surface area contributed by atoms with Gasteiger partial charge in [0.1, 0.15) is 6.04 Å². The molecule has 1 aliphatic heterocycles. The first kappa shape index (κ1) is 16.9. The fourth-order valence-electron chi connectivity index (χ4n) is 2.83. The highest BCUT2D eigenvalue weighted by atomic mass is 32.2. The minimum Gasteiger partial charge on any atom is -0.348 e. The Kier molecular flexibility index (Phi) is 5.89. The van der Waals surface area contributed by atoms with E-state index >= 15 is 0 Å². The lowest BCUT2D eigenvalue weighted by Gasteiger charge is -2.24. The number of carbonyl (C=O) groups is 2. The van der Waals surface area contributed by atoms with Gasteiger partial charge >= 0.3 is 0 Å². The second kappa shape index (κ2) is 7.68. The minimum absolute atomic E-state index is 0.0220. The molecule has 22 heavy (non-hydrogen) atoms. The third-order valence-electron chi connectivity index (χ3n) is 4.01. The lowest BCUT2D eigenvalue weighted by atomic mass is 10.1. The van der Waals surface area contributed by atoms with E-state index in [4.69, 9.17) is 0 Å². The third-order valence-corrected chi connectivity index (χ3v) is 4.90. The van der Waals surface area contributed by atoms with Gasteiger partial charge in [0, 0.05) is 18.4 Å². The fraction of sp³-hybridized carbons (Fsp3) is 0.529. The van der Waals surface area contributed by atoms with Gasteiger partial charge in [0.05, 0.1) is 6.04 Å². The number of benzene rings is 1. The summed E-state index contributed by atoms with van der Waals surface area (Å²) in [7, 11) is 0. The Hall–Kier alpha value is -1.49. The molecular formula is C17H24N2O2S. The Morgan fingerprint density at radius 3 is 2.64 bits per heavy atom. The molecular weight excluding hydrogens is 296 g/mol. The zero-order chi connectivity index (χ0) is 16.1. The van der Waals surface area contributed by atoms with Crippen molar-refractivity contribution in [1.82, 2.24) is 10.2 Å². The van der Waals surface area contributed by atoms with E-state index in [1.807, 2.05) is 6.92 Å². The van der Waals surface area contributed by atoms with E-state index in [-0.39, 0.29) is 23.9 Å². The first-order chi connectivity index (χ1) is 10.5. The number of nitrogens with one attached hydrogen (secondary N) is 1. The molecule has 1 aliphatic rings. The van der Waals surface area contributed by atoms with Crippen molar-refractivity contribution in [3.8, 4) is 0 Å². The average Bonchev–Trinajstić information content (AvgIpc) is 2.98. The second-order valence-corrected chi connectivity index (χ2v) is 6.94. The summed E-state index contributed by atoms with van der Waals surface area (Å²) < 4.78 is 0. The van der Waals surface area contributed by atoms with Gasteiger partial charge in [-0.3, -0.25) is 9.59 Å². The monoisotopic (exact) mass is 320 g/mol. The lowest BCUT2D eigenvalue weighted by Crippen LogP contribution is -2.45. The summed E-state index contributed by atoms with van der Waals surface area (Å²) in [6.07, 6.45) is 1.65.